The zero-order valence-electron chi connectivity index (χ0n) is 13.9. The summed E-state index contributed by atoms with van der Waals surface area (Å²) in [4.78, 5) is 12.1. The van der Waals surface area contributed by atoms with Gasteiger partial charge in [-0.25, -0.2) is 0 Å². The third kappa shape index (κ3) is 3.09. The van der Waals surface area contributed by atoms with Crippen LogP contribution in [0.5, 0.6) is 0 Å². The quantitative estimate of drug-likeness (QED) is 0.580. The van der Waals surface area contributed by atoms with Crippen molar-refractivity contribution >= 4 is 40.4 Å². The highest BCUT2D eigenvalue weighted by Crippen LogP contribution is 2.33. The smallest absolute Gasteiger partial charge is 0.254 e. The average Bonchev–Trinajstić information content (AvgIpc) is 2.93. The van der Waals surface area contributed by atoms with Crippen molar-refractivity contribution in [1.29, 1.82) is 0 Å². The Morgan fingerprint density at radius 1 is 1.04 bits per heavy atom. The van der Waals surface area contributed by atoms with Crippen LogP contribution >= 0.6 is 23.2 Å². The number of hydrogen-bond donors (Lipinski definition) is 2. The molecule has 0 bridgehead atoms. The number of amides is 1. The van der Waals surface area contributed by atoms with E-state index in [0.717, 1.165) is 23.0 Å². The van der Waals surface area contributed by atoms with Crippen molar-refractivity contribution in [2.75, 3.05) is 20.2 Å². The summed E-state index contributed by atoms with van der Waals surface area (Å²) < 4.78 is 0.823. The Balaban J connectivity index is 0.000000948. The monoisotopic (exact) mass is 390 g/mol. The number of nitrogens with one attached hydrogen (secondary N) is 1. The molecule has 7 heteroatoms. The number of benzene rings is 2. The molecule has 0 saturated carbocycles. The summed E-state index contributed by atoms with van der Waals surface area (Å²) in [6.45, 7) is 0.389. The van der Waals surface area contributed by atoms with Gasteiger partial charge in [-0.15, -0.1) is 0 Å². The number of rotatable bonds is 1. The van der Waals surface area contributed by atoms with Crippen molar-refractivity contribution in [3.05, 3.63) is 80.0 Å². The summed E-state index contributed by atoms with van der Waals surface area (Å²) >= 11 is 12.5. The van der Waals surface area contributed by atoms with E-state index in [-0.39, 0.29) is 12.5 Å². The maximum Gasteiger partial charge on any atom is 0.254 e. The van der Waals surface area contributed by atoms with Crippen molar-refractivity contribution in [2.45, 2.75) is 0 Å². The minimum absolute atomic E-state index is 0.0198. The van der Waals surface area contributed by atoms with Crippen LogP contribution in [0, 0.1) is 5.21 Å². The van der Waals surface area contributed by atoms with Crippen LogP contribution < -0.4 is 5.32 Å². The second-order valence-electron chi connectivity index (χ2n) is 5.69. The number of hydrogen-bond acceptors (Lipinski definition) is 3. The van der Waals surface area contributed by atoms with E-state index in [2.05, 4.69) is 5.32 Å². The molecule has 5 nitrogen and oxygen atoms in total. The van der Waals surface area contributed by atoms with Gasteiger partial charge in [0, 0.05) is 18.7 Å². The predicted molar refractivity (Wildman–Crippen MR) is 103 cm³/mol. The lowest BCUT2D eigenvalue weighted by atomic mass is 9.93. The fourth-order valence-electron chi connectivity index (χ4n) is 3.21. The first-order valence-corrected chi connectivity index (χ1v) is 8.63. The number of aliphatic hydroxyl groups excluding tert-OH is 1. The van der Waals surface area contributed by atoms with Crippen LogP contribution in [0.15, 0.2) is 48.0 Å². The molecule has 2 N–H and O–H groups in total. The van der Waals surface area contributed by atoms with E-state index < -0.39 is 0 Å². The molecular weight excluding hydrogens is 375 g/mol. The second kappa shape index (κ2) is 7.50. The molecule has 0 atom stereocenters. The Hall–Kier alpha value is -2.34. The average molecular weight is 391 g/mol. The molecule has 2 aromatic rings. The predicted octanol–water partition coefficient (Wildman–Crippen LogP) is 2.85. The molecule has 0 aromatic heterocycles. The summed E-state index contributed by atoms with van der Waals surface area (Å²) in [6.07, 6.45) is 0. The van der Waals surface area contributed by atoms with Crippen LogP contribution in [0.4, 0.5) is 0 Å². The molecule has 134 valence electrons. The van der Waals surface area contributed by atoms with Gasteiger partial charge in [0.2, 0.25) is 5.71 Å². The number of nitrogens with zero attached hydrogens (tertiary/aromatic N) is 1. The Kier molecular flexibility index (Phi) is 5.32. The molecule has 4 rings (SSSR count). The molecule has 1 amide bonds. The zero-order valence-corrected chi connectivity index (χ0v) is 15.4. The lowest BCUT2D eigenvalue weighted by Crippen LogP contribution is -2.25. The lowest BCUT2D eigenvalue weighted by Gasteiger charge is -2.13. The maximum atomic E-state index is 12.9. The molecule has 0 spiro atoms. The summed E-state index contributed by atoms with van der Waals surface area (Å²) in [7, 11) is 1.00. The SMILES string of the molecule is CO.O=C1NCC2=C1C[N+]([O-])=C(c1ccccc1Cl)c1cc(Cl)ccc12. The van der Waals surface area contributed by atoms with Crippen LogP contribution in [0.1, 0.15) is 16.7 Å². The van der Waals surface area contributed by atoms with Gasteiger partial charge in [-0.1, -0.05) is 41.4 Å². The van der Waals surface area contributed by atoms with Gasteiger partial charge < -0.3 is 15.6 Å². The van der Waals surface area contributed by atoms with Gasteiger partial charge >= 0.3 is 0 Å². The van der Waals surface area contributed by atoms with E-state index in [4.69, 9.17) is 28.3 Å². The molecule has 2 aliphatic heterocycles. The number of hydroxylamine groups is 1. The third-order valence-electron chi connectivity index (χ3n) is 4.31. The first kappa shape index (κ1) is 18.5. The summed E-state index contributed by atoms with van der Waals surface area (Å²) in [5, 5.41) is 23.7. The Bertz CT molecular complexity index is 952. The zero-order chi connectivity index (χ0) is 18.8. The van der Waals surface area contributed by atoms with Gasteiger partial charge in [0.15, 0.2) is 6.54 Å². The maximum absolute atomic E-state index is 12.9. The first-order valence-electron chi connectivity index (χ1n) is 7.88. The molecule has 2 aromatic carbocycles. The molecule has 26 heavy (non-hydrogen) atoms. The van der Waals surface area contributed by atoms with Crippen molar-refractivity contribution in [1.82, 2.24) is 5.32 Å². The van der Waals surface area contributed by atoms with Crippen LogP contribution in [-0.2, 0) is 4.79 Å². The number of aliphatic hydroxyl groups is 1. The van der Waals surface area contributed by atoms with Gasteiger partial charge in [-0.2, -0.15) is 4.74 Å². The Morgan fingerprint density at radius 2 is 1.77 bits per heavy atom. The highest BCUT2D eigenvalue weighted by molar-refractivity contribution is 6.36. The van der Waals surface area contributed by atoms with Crippen molar-refractivity contribution in [3.63, 3.8) is 0 Å². The first-order chi connectivity index (χ1) is 12.6. The van der Waals surface area contributed by atoms with E-state index in [0.29, 0.717) is 39.0 Å². The summed E-state index contributed by atoms with van der Waals surface area (Å²) in [5.74, 6) is -0.202. The summed E-state index contributed by atoms with van der Waals surface area (Å²) in [5.41, 5.74) is 3.91. The highest BCUT2D eigenvalue weighted by atomic mass is 35.5. The summed E-state index contributed by atoms with van der Waals surface area (Å²) in [6, 6.07) is 12.5. The molecule has 0 fully saturated rings. The Morgan fingerprint density at radius 3 is 2.50 bits per heavy atom. The fourth-order valence-corrected chi connectivity index (χ4v) is 3.61. The highest BCUT2D eigenvalue weighted by Gasteiger charge is 2.34. The number of fused-ring (bicyclic) bond motifs is 2. The Labute approximate surface area is 160 Å². The number of carbonyl (C=O) groups excluding carboxylic acids is 1. The molecule has 0 unspecified atom stereocenters. The topological polar surface area (TPSA) is 75.4 Å². The lowest BCUT2D eigenvalue weighted by molar-refractivity contribution is -0.446. The van der Waals surface area contributed by atoms with Gasteiger partial charge in [-0.3, -0.25) is 4.79 Å². The third-order valence-corrected chi connectivity index (χ3v) is 4.87. The van der Waals surface area contributed by atoms with Gasteiger partial charge in [0.1, 0.15) is 0 Å². The van der Waals surface area contributed by atoms with Crippen LogP contribution in [0.25, 0.3) is 5.57 Å². The molecule has 2 aliphatic rings. The second-order valence-corrected chi connectivity index (χ2v) is 6.54. The van der Waals surface area contributed by atoms with E-state index >= 15 is 0 Å². The van der Waals surface area contributed by atoms with E-state index in [1.165, 1.54) is 0 Å². The molecular formula is C19H16Cl2N2O3. The largest absolute Gasteiger partial charge is 0.623 e. The van der Waals surface area contributed by atoms with Crippen LogP contribution in [0.2, 0.25) is 10.0 Å². The van der Waals surface area contributed by atoms with E-state index in [9.17, 15) is 10.0 Å². The van der Waals surface area contributed by atoms with Crippen LogP contribution in [-0.4, -0.2) is 41.7 Å². The van der Waals surface area contributed by atoms with Gasteiger partial charge in [0.05, 0.1) is 21.7 Å². The van der Waals surface area contributed by atoms with Crippen molar-refractivity contribution < 1.29 is 14.6 Å². The van der Waals surface area contributed by atoms with E-state index in [1.54, 1.807) is 24.3 Å². The standard InChI is InChI=1S/C18H12Cl2N2O2.CH4O/c19-10-5-6-11-13(7-10)17(12-3-1-2-4-16(12)20)22(24)9-15-14(11)8-21-18(15)23;1-2/h1-7H,8-9H2,(H,21,23);2H,1H3. The molecule has 0 saturated heterocycles. The normalized spacial score (nSPS) is 15.6. The van der Waals surface area contributed by atoms with Gasteiger partial charge in [-0.05, 0) is 35.4 Å². The molecule has 0 radical (unpaired) electrons. The number of halogens is 2. The van der Waals surface area contributed by atoms with Crippen molar-refractivity contribution in [3.8, 4) is 0 Å². The van der Waals surface area contributed by atoms with E-state index in [1.807, 2.05) is 18.2 Å². The molecule has 2 heterocycles. The van der Waals surface area contributed by atoms with Crippen LogP contribution in [0.3, 0.4) is 0 Å². The fraction of sp³-hybridized carbons (Fsp3) is 0.158. The molecule has 0 aliphatic carbocycles. The van der Waals surface area contributed by atoms with Gasteiger partial charge in [0.25, 0.3) is 5.91 Å². The minimum atomic E-state index is -0.202. The minimum Gasteiger partial charge on any atom is -0.623 e. The number of carbonyl (C=O) groups is 1. The van der Waals surface area contributed by atoms with Crippen molar-refractivity contribution in [2.24, 2.45) is 0 Å².